The van der Waals surface area contributed by atoms with Crippen molar-refractivity contribution in [2.75, 3.05) is 0 Å². The number of hydrogen-bond donors (Lipinski definition) is 0. The molecule has 5 rings (SSSR count). The van der Waals surface area contributed by atoms with E-state index in [2.05, 4.69) is 60.7 Å². The number of benzene rings is 3. The van der Waals surface area contributed by atoms with Gasteiger partial charge in [0.1, 0.15) is 0 Å². The van der Waals surface area contributed by atoms with Gasteiger partial charge in [-0.3, -0.25) is 0 Å². The van der Waals surface area contributed by atoms with E-state index in [9.17, 15) is 21.0 Å². The maximum Gasteiger partial charge on any atom is 0.182 e. The molecule has 4 heteroatoms. The molecule has 3 aromatic rings. The van der Waals surface area contributed by atoms with Crippen LogP contribution >= 0.6 is 0 Å². The normalized spacial score (nSPS) is 21.4. The van der Waals surface area contributed by atoms with Crippen molar-refractivity contribution in [3.8, 4) is 24.3 Å². The van der Waals surface area contributed by atoms with E-state index in [0.717, 1.165) is 22.3 Å². The van der Waals surface area contributed by atoms with Crippen LogP contribution in [0.25, 0.3) is 0 Å². The Kier molecular flexibility index (Phi) is 4.83. The van der Waals surface area contributed by atoms with E-state index in [1.54, 1.807) is 0 Å². The van der Waals surface area contributed by atoms with Crippen molar-refractivity contribution in [3.05, 3.63) is 119 Å². The zero-order valence-electron chi connectivity index (χ0n) is 18.4. The number of nitrogens with zero attached hydrogens (tertiary/aromatic N) is 4. The molecular formula is C30H20N4. The average molecular weight is 437 g/mol. The summed E-state index contributed by atoms with van der Waals surface area (Å²) in [7, 11) is 0. The van der Waals surface area contributed by atoms with Crippen LogP contribution in [0.1, 0.15) is 23.1 Å². The molecule has 0 aliphatic heterocycles. The molecule has 0 heterocycles. The Bertz CT molecular complexity index is 1300. The summed E-state index contributed by atoms with van der Waals surface area (Å²) >= 11 is 0. The number of nitriles is 4. The summed E-state index contributed by atoms with van der Waals surface area (Å²) < 4.78 is 0. The van der Waals surface area contributed by atoms with Crippen molar-refractivity contribution >= 4 is 0 Å². The third-order valence-electron chi connectivity index (χ3n) is 7.71. The van der Waals surface area contributed by atoms with Crippen LogP contribution in [0.4, 0.5) is 0 Å². The fraction of sp³-hybridized carbons (Fsp3) is 0.200. The van der Waals surface area contributed by atoms with Gasteiger partial charge in [0.2, 0.25) is 0 Å². The Morgan fingerprint density at radius 3 is 1.32 bits per heavy atom. The third-order valence-corrected chi connectivity index (χ3v) is 7.71. The lowest BCUT2D eigenvalue weighted by Gasteiger charge is -2.44. The lowest BCUT2D eigenvalue weighted by Crippen LogP contribution is -2.47. The standard InChI is InChI=1S/C30H20N4/c31-18-28(19-32)25-16-26(29(28,20-33)21-34)27(17-25)30(22-10-4-1-5-11-22,23-12-6-2-7-13-23)24-14-8-3-9-15-24/h1-15,17,25-26H,16H2. The van der Waals surface area contributed by atoms with E-state index in [4.69, 9.17) is 0 Å². The van der Waals surface area contributed by atoms with E-state index < -0.39 is 28.1 Å². The highest BCUT2D eigenvalue weighted by Crippen LogP contribution is 2.69. The summed E-state index contributed by atoms with van der Waals surface area (Å²) in [4.78, 5) is 0. The average Bonchev–Trinajstić information content (AvgIpc) is 3.47. The second-order valence-corrected chi connectivity index (χ2v) is 8.93. The van der Waals surface area contributed by atoms with Crippen molar-refractivity contribution < 1.29 is 0 Å². The zero-order valence-corrected chi connectivity index (χ0v) is 18.4. The van der Waals surface area contributed by atoms with Crippen LogP contribution in [0.5, 0.6) is 0 Å². The van der Waals surface area contributed by atoms with Crippen LogP contribution in [-0.4, -0.2) is 0 Å². The maximum absolute atomic E-state index is 10.3. The minimum atomic E-state index is -1.76. The van der Waals surface area contributed by atoms with Gasteiger partial charge in [0.25, 0.3) is 0 Å². The zero-order chi connectivity index (χ0) is 23.8. The van der Waals surface area contributed by atoms with E-state index in [0.29, 0.717) is 6.42 Å². The first-order chi connectivity index (χ1) is 16.6. The number of fused-ring (bicyclic) bond motifs is 2. The van der Waals surface area contributed by atoms with Crippen LogP contribution < -0.4 is 0 Å². The highest BCUT2D eigenvalue weighted by atomic mass is 14.7. The van der Waals surface area contributed by atoms with Crippen LogP contribution in [-0.2, 0) is 5.41 Å². The monoisotopic (exact) mass is 436 g/mol. The molecule has 1 fully saturated rings. The van der Waals surface area contributed by atoms with E-state index >= 15 is 0 Å². The van der Waals surface area contributed by atoms with E-state index in [-0.39, 0.29) is 0 Å². The van der Waals surface area contributed by atoms with Crippen molar-refractivity contribution in [1.29, 1.82) is 21.0 Å². The van der Waals surface area contributed by atoms with E-state index in [1.165, 1.54) is 0 Å². The lowest BCUT2D eigenvalue weighted by molar-refractivity contribution is 0.258. The molecule has 2 atom stereocenters. The molecule has 2 aliphatic carbocycles. The summed E-state index contributed by atoms with van der Waals surface area (Å²) in [6.45, 7) is 0. The number of allylic oxidation sites excluding steroid dienone is 2. The topological polar surface area (TPSA) is 95.2 Å². The molecule has 2 bridgehead atoms. The van der Waals surface area contributed by atoms with E-state index in [1.807, 2.05) is 60.7 Å². The molecule has 1 saturated carbocycles. The van der Waals surface area contributed by atoms with Crippen molar-refractivity contribution in [2.45, 2.75) is 11.8 Å². The minimum Gasteiger partial charge on any atom is -0.196 e. The fourth-order valence-corrected chi connectivity index (χ4v) is 6.24. The van der Waals surface area contributed by atoms with Crippen molar-refractivity contribution in [3.63, 3.8) is 0 Å². The van der Waals surface area contributed by atoms with Crippen molar-refractivity contribution in [1.82, 2.24) is 0 Å². The van der Waals surface area contributed by atoms with Gasteiger partial charge >= 0.3 is 0 Å². The van der Waals surface area contributed by atoms with Gasteiger partial charge in [-0.2, -0.15) is 21.0 Å². The molecule has 0 radical (unpaired) electrons. The van der Waals surface area contributed by atoms with Gasteiger partial charge in [0.15, 0.2) is 10.8 Å². The predicted molar refractivity (Wildman–Crippen MR) is 126 cm³/mol. The first-order valence-electron chi connectivity index (χ1n) is 11.2. The van der Waals surface area contributed by atoms with Gasteiger partial charge in [-0.25, -0.2) is 0 Å². The molecule has 0 amide bonds. The van der Waals surface area contributed by atoms with Gasteiger partial charge in [-0.15, -0.1) is 0 Å². The van der Waals surface area contributed by atoms with Crippen LogP contribution in [0.2, 0.25) is 0 Å². The summed E-state index contributed by atoms with van der Waals surface area (Å²) in [6.07, 6.45) is 2.43. The Balaban J connectivity index is 1.91. The smallest absolute Gasteiger partial charge is 0.182 e. The van der Waals surface area contributed by atoms with Gasteiger partial charge in [0.05, 0.1) is 29.7 Å². The second-order valence-electron chi connectivity index (χ2n) is 8.93. The molecule has 4 nitrogen and oxygen atoms in total. The molecule has 34 heavy (non-hydrogen) atoms. The Labute approximate surface area is 199 Å². The Hall–Kier alpha value is -4.64. The highest BCUT2D eigenvalue weighted by Gasteiger charge is 2.73. The minimum absolute atomic E-state index is 0.422. The lowest BCUT2D eigenvalue weighted by atomic mass is 9.53. The maximum atomic E-state index is 10.3. The highest BCUT2D eigenvalue weighted by molar-refractivity contribution is 5.63. The molecule has 160 valence electrons. The molecule has 0 N–H and O–H groups in total. The quantitative estimate of drug-likeness (QED) is 0.389. The molecule has 0 aromatic heterocycles. The predicted octanol–water partition coefficient (Wildman–Crippen LogP) is 5.66. The third kappa shape index (κ3) is 2.43. The Morgan fingerprint density at radius 1 is 0.588 bits per heavy atom. The largest absolute Gasteiger partial charge is 0.196 e. The summed E-state index contributed by atoms with van der Waals surface area (Å²) in [5.74, 6) is -1.07. The Morgan fingerprint density at radius 2 is 0.971 bits per heavy atom. The van der Waals surface area contributed by atoms with Gasteiger partial charge in [-0.1, -0.05) is 97.1 Å². The number of hydrogen-bond acceptors (Lipinski definition) is 4. The first kappa shape index (κ1) is 21.2. The fourth-order valence-electron chi connectivity index (χ4n) is 6.24. The molecule has 0 spiro atoms. The molecule has 0 saturated heterocycles. The molecule has 3 aromatic carbocycles. The summed E-state index contributed by atoms with van der Waals surface area (Å²) in [6, 6.07) is 38.7. The second kappa shape index (κ2) is 7.74. The number of rotatable bonds is 4. The van der Waals surface area contributed by atoms with Gasteiger partial charge < -0.3 is 0 Å². The molecular weight excluding hydrogens is 416 g/mol. The van der Waals surface area contributed by atoms with Crippen LogP contribution in [0, 0.1) is 68.0 Å². The SMILES string of the molecule is N#CC1(C#N)C2C=C(C(c3ccccc3)(c3ccccc3)c3ccccc3)C(C2)C1(C#N)C#N. The van der Waals surface area contributed by atoms with Crippen LogP contribution in [0.3, 0.4) is 0 Å². The summed E-state index contributed by atoms with van der Waals surface area (Å²) in [5, 5.41) is 40.8. The van der Waals surface area contributed by atoms with Crippen molar-refractivity contribution in [2.24, 2.45) is 22.7 Å². The first-order valence-corrected chi connectivity index (χ1v) is 11.2. The van der Waals surface area contributed by atoms with Gasteiger partial charge in [-0.05, 0) is 28.7 Å². The molecule has 2 unspecified atom stereocenters. The summed E-state index contributed by atoms with van der Waals surface area (Å²) in [5.41, 5.74) is -0.291. The van der Waals surface area contributed by atoms with Crippen LogP contribution in [0.15, 0.2) is 103 Å². The van der Waals surface area contributed by atoms with Gasteiger partial charge in [0, 0.05) is 11.8 Å². The molecule has 2 aliphatic rings.